The van der Waals surface area contributed by atoms with Gasteiger partial charge < -0.3 is 5.32 Å². The quantitative estimate of drug-likeness (QED) is 0.375. The smallest absolute Gasteiger partial charge is 0.264 e. The Kier molecular flexibility index (Phi) is 6.59. The van der Waals surface area contributed by atoms with Crippen LogP contribution in [0.4, 0.5) is 5.69 Å². The number of benzene rings is 2. The molecule has 0 radical (unpaired) electrons. The van der Waals surface area contributed by atoms with Crippen molar-refractivity contribution >= 4 is 92.5 Å². The molecule has 1 saturated heterocycles. The fourth-order valence-corrected chi connectivity index (χ4v) is 5.76. The van der Waals surface area contributed by atoms with Crippen molar-refractivity contribution in [3.63, 3.8) is 0 Å². The molecule has 1 fully saturated rings. The van der Waals surface area contributed by atoms with E-state index in [0.717, 1.165) is 14.0 Å². The van der Waals surface area contributed by atoms with E-state index in [2.05, 4.69) is 10.3 Å². The van der Waals surface area contributed by atoms with E-state index >= 15 is 0 Å². The summed E-state index contributed by atoms with van der Waals surface area (Å²) in [6.45, 7) is 0. The number of hydrogen-bond donors (Lipinski definition) is 1. The Morgan fingerprint density at radius 3 is 2.52 bits per heavy atom. The molecule has 1 N–H and O–H groups in total. The Balaban J connectivity index is 1.48. The highest BCUT2D eigenvalue weighted by atomic mass is 35.5. The van der Waals surface area contributed by atoms with Gasteiger partial charge in [0.25, 0.3) is 5.91 Å². The number of carbonyl (C=O) groups excluding carboxylic acids is 1. The molecule has 0 aliphatic carbocycles. The molecule has 1 aliphatic heterocycles. The summed E-state index contributed by atoms with van der Waals surface area (Å²) < 4.78 is 1.13. The molecule has 0 bridgehead atoms. The zero-order chi connectivity index (χ0) is 20.4. The normalized spacial score (nSPS) is 16.6. The Bertz CT molecular complexity index is 1140. The van der Waals surface area contributed by atoms with E-state index in [4.69, 9.17) is 34.8 Å². The maximum atomic E-state index is 12.3. The first kappa shape index (κ1) is 20.8. The maximum Gasteiger partial charge on any atom is 0.264 e. The average molecular weight is 498 g/mol. The summed E-state index contributed by atoms with van der Waals surface area (Å²) >= 11 is 22.4. The summed E-state index contributed by atoms with van der Waals surface area (Å²) in [6, 6.07) is 16.8. The molecule has 0 unspecified atom stereocenters. The number of nitrogens with zero attached hydrogens (tertiary/aromatic N) is 1. The lowest BCUT2D eigenvalue weighted by Gasteiger charge is -1.98. The van der Waals surface area contributed by atoms with Crippen molar-refractivity contribution in [2.45, 2.75) is 9.10 Å². The maximum absolute atomic E-state index is 12.3. The summed E-state index contributed by atoms with van der Waals surface area (Å²) in [5, 5.41) is 4.88. The molecule has 0 atom stereocenters. The van der Waals surface area contributed by atoms with Gasteiger partial charge in [0.05, 0.1) is 24.8 Å². The minimum Gasteiger partial charge on any atom is -0.300 e. The van der Waals surface area contributed by atoms with Crippen molar-refractivity contribution in [2.75, 3.05) is 0 Å². The van der Waals surface area contributed by atoms with Crippen LogP contribution >= 0.6 is 69.7 Å². The largest absolute Gasteiger partial charge is 0.300 e. The third kappa shape index (κ3) is 5.40. The van der Waals surface area contributed by atoms with Gasteiger partial charge in [0.15, 0.2) is 5.17 Å². The van der Waals surface area contributed by atoms with Crippen molar-refractivity contribution < 1.29 is 4.79 Å². The van der Waals surface area contributed by atoms with Crippen molar-refractivity contribution in [2.24, 2.45) is 4.99 Å². The fourth-order valence-electron chi connectivity index (χ4n) is 2.37. The van der Waals surface area contributed by atoms with Crippen molar-refractivity contribution in [3.05, 3.63) is 79.4 Å². The van der Waals surface area contributed by atoms with Crippen LogP contribution in [0.25, 0.3) is 6.08 Å². The highest BCUT2D eigenvalue weighted by Gasteiger charge is 2.24. The Morgan fingerprint density at radius 1 is 0.966 bits per heavy atom. The van der Waals surface area contributed by atoms with Gasteiger partial charge in [-0.3, -0.25) is 4.79 Å². The molecule has 9 heteroatoms. The number of amides is 1. The Hall–Kier alpha value is -1.41. The standard InChI is InChI=1S/C20H11Cl3N2OS3/c21-11-1-4-13(5-2-11)27-18-8-6-14(28-18)10-17-19(26)25-20(29-17)24-12-3-7-15(22)16(23)9-12/h1-10H,(H,24,25,26)/b17-10-. The van der Waals surface area contributed by atoms with E-state index < -0.39 is 0 Å². The third-order valence-electron chi connectivity index (χ3n) is 3.69. The van der Waals surface area contributed by atoms with Crippen LogP contribution < -0.4 is 5.32 Å². The first-order valence-electron chi connectivity index (χ1n) is 8.24. The summed E-state index contributed by atoms with van der Waals surface area (Å²) in [7, 11) is 0. The molecular weight excluding hydrogens is 487 g/mol. The lowest BCUT2D eigenvalue weighted by Crippen LogP contribution is -2.19. The number of amidine groups is 1. The van der Waals surface area contributed by atoms with Crippen LogP contribution in [0, 0.1) is 0 Å². The van der Waals surface area contributed by atoms with Gasteiger partial charge in [-0.15, -0.1) is 11.3 Å². The van der Waals surface area contributed by atoms with E-state index in [1.165, 1.54) is 11.8 Å². The second-order valence-corrected chi connectivity index (χ2v) is 10.6. The molecule has 1 aliphatic rings. The Morgan fingerprint density at radius 2 is 1.76 bits per heavy atom. The summed E-state index contributed by atoms with van der Waals surface area (Å²) in [6.07, 6.45) is 1.87. The van der Waals surface area contributed by atoms with E-state index in [1.807, 2.05) is 42.5 Å². The molecule has 0 spiro atoms. The van der Waals surface area contributed by atoms with Crippen LogP contribution in [0.2, 0.25) is 15.1 Å². The number of nitrogens with one attached hydrogen (secondary N) is 1. The molecular formula is C20H11Cl3N2OS3. The molecule has 146 valence electrons. The minimum absolute atomic E-state index is 0.172. The summed E-state index contributed by atoms with van der Waals surface area (Å²) in [4.78, 5) is 19.4. The molecule has 29 heavy (non-hydrogen) atoms. The van der Waals surface area contributed by atoms with Crippen LogP contribution in [-0.4, -0.2) is 11.1 Å². The lowest BCUT2D eigenvalue weighted by atomic mass is 10.3. The van der Waals surface area contributed by atoms with Gasteiger partial charge in [0, 0.05) is 14.8 Å². The second-order valence-electron chi connectivity index (χ2n) is 5.79. The number of rotatable bonds is 4. The van der Waals surface area contributed by atoms with Crippen LogP contribution in [0.1, 0.15) is 4.88 Å². The zero-order valence-electron chi connectivity index (χ0n) is 14.5. The topological polar surface area (TPSA) is 41.5 Å². The first-order valence-corrected chi connectivity index (χ1v) is 11.8. The highest BCUT2D eigenvalue weighted by molar-refractivity contribution is 8.18. The van der Waals surface area contributed by atoms with Gasteiger partial charge in [-0.05, 0) is 72.4 Å². The van der Waals surface area contributed by atoms with E-state index in [1.54, 1.807) is 41.3 Å². The number of carbonyl (C=O) groups is 1. The number of thioether (sulfide) groups is 1. The Labute approximate surface area is 195 Å². The van der Waals surface area contributed by atoms with Crippen LogP contribution in [0.3, 0.4) is 0 Å². The van der Waals surface area contributed by atoms with Crippen LogP contribution in [0.15, 0.2) is 73.6 Å². The molecule has 1 amide bonds. The number of halogens is 3. The molecule has 2 aromatic carbocycles. The third-order valence-corrected chi connectivity index (χ3v) is 7.77. The van der Waals surface area contributed by atoms with Crippen molar-refractivity contribution in [1.82, 2.24) is 5.32 Å². The number of thiophene rings is 1. The van der Waals surface area contributed by atoms with Crippen molar-refractivity contribution in [1.29, 1.82) is 0 Å². The summed E-state index contributed by atoms with van der Waals surface area (Å²) in [5.41, 5.74) is 0.626. The predicted molar refractivity (Wildman–Crippen MR) is 127 cm³/mol. The number of aliphatic imine (C=N–C) groups is 1. The van der Waals surface area contributed by atoms with Gasteiger partial charge in [-0.2, -0.15) is 0 Å². The molecule has 2 heterocycles. The van der Waals surface area contributed by atoms with Gasteiger partial charge in [0.2, 0.25) is 0 Å². The van der Waals surface area contributed by atoms with E-state index in [-0.39, 0.29) is 5.91 Å². The van der Waals surface area contributed by atoms with Crippen LogP contribution in [0.5, 0.6) is 0 Å². The average Bonchev–Trinajstić information content (AvgIpc) is 3.27. The highest BCUT2D eigenvalue weighted by Crippen LogP contribution is 2.36. The van der Waals surface area contributed by atoms with Crippen molar-refractivity contribution in [3.8, 4) is 0 Å². The van der Waals surface area contributed by atoms with Gasteiger partial charge in [-0.1, -0.05) is 46.6 Å². The van der Waals surface area contributed by atoms with Gasteiger partial charge in [-0.25, -0.2) is 4.99 Å². The molecule has 3 nitrogen and oxygen atoms in total. The molecule has 0 saturated carbocycles. The van der Waals surface area contributed by atoms with E-state index in [0.29, 0.717) is 30.8 Å². The first-order chi connectivity index (χ1) is 14.0. The second kappa shape index (κ2) is 9.16. The zero-order valence-corrected chi connectivity index (χ0v) is 19.2. The SMILES string of the molecule is O=C1NC(=Nc2ccc(Cl)c(Cl)c2)S/C1=C\c1ccc(Sc2ccc(Cl)cc2)s1. The fraction of sp³-hybridized carbons (Fsp3) is 0. The molecule has 1 aromatic heterocycles. The predicted octanol–water partition coefficient (Wildman–Crippen LogP) is 7.75. The van der Waals surface area contributed by atoms with Gasteiger partial charge >= 0.3 is 0 Å². The summed E-state index contributed by atoms with van der Waals surface area (Å²) in [5.74, 6) is -0.172. The van der Waals surface area contributed by atoms with Crippen LogP contribution in [-0.2, 0) is 4.79 Å². The van der Waals surface area contributed by atoms with E-state index in [9.17, 15) is 4.79 Å². The molecule has 3 aromatic rings. The monoisotopic (exact) mass is 496 g/mol. The van der Waals surface area contributed by atoms with Gasteiger partial charge in [0.1, 0.15) is 0 Å². The minimum atomic E-state index is -0.172. The molecule has 4 rings (SSSR count). The number of hydrogen-bond acceptors (Lipinski definition) is 5. The lowest BCUT2D eigenvalue weighted by molar-refractivity contribution is -0.115.